The molecule has 6 nitrogen and oxygen atoms in total. The van der Waals surface area contributed by atoms with Crippen molar-refractivity contribution in [1.29, 1.82) is 0 Å². The van der Waals surface area contributed by atoms with Crippen LogP contribution >= 0.6 is 0 Å². The van der Waals surface area contributed by atoms with Gasteiger partial charge in [0.1, 0.15) is 0 Å². The van der Waals surface area contributed by atoms with Crippen molar-refractivity contribution in [3.8, 4) is 0 Å². The maximum atomic E-state index is 12.4. The quantitative estimate of drug-likeness (QED) is 0.0321. The molecule has 0 saturated heterocycles. The number of aliphatic hydroxyl groups excluding tert-OH is 2. The van der Waals surface area contributed by atoms with Gasteiger partial charge in [-0.3, -0.25) is 9.59 Å². The Kier molecular flexibility index (Phi) is 51.1. The van der Waals surface area contributed by atoms with Crippen LogP contribution in [0.25, 0.3) is 0 Å². The van der Waals surface area contributed by atoms with Crippen LogP contribution in [-0.2, 0) is 14.3 Å². The Morgan fingerprint density at radius 3 is 1.27 bits per heavy atom. The van der Waals surface area contributed by atoms with Crippen molar-refractivity contribution < 1.29 is 24.5 Å². The van der Waals surface area contributed by atoms with Crippen molar-refractivity contribution in [1.82, 2.24) is 5.32 Å². The SMILES string of the molecule is CCC/C=C\C/C=C\CCCCCCCC(=O)OCCCCCCCCCCCCCCCCCCCCCCCCCC(=O)NC(CO)C(O)/C=C/CCCCCCCCCC. The summed E-state index contributed by atoms with van der Waals surface area (Å²) in [4.78, 5) is 24.4. The maximum Gasteiger partial charge on any atom is 0.305 e. The van der Waals surface area contributed by atoms with Crippen LogP contribution < -0.4 is 5.32 Å². The topological polar surface area (TPSA) is 95.9 Å². The van der Waals surface area contributed by atoms with E-state index in [2.05, 4.69) is 43.5 Å². The van der Waals surface area contributed by atoms with E-state index >= 15 is 0 Å². The van der Waals surface area contributed by atoms with Crippen molar-refractivity contribution in [3.63, 3.8) is 0 Å². The molecule has 2 atom stereocenters. The molecule has 0 aromatic carbocycles. The van der Waals surface area contributed by atoms with Gasteiger partial charge in [0.2, 0.25) is 5.91 Å². The molecule has 63 heavy (non-hydrogen) atoms. The highest BCUT2D eigenvalue weighted by atomic mass is 16.5. The summed E-state index contributed by atoms with van der Waals surface area (Å²) < 4.78 is 5.46. The number of ether oxygens (including phenoxy) is 1. The highest BCUT2D eigenvalue weighted by Crippen LogP contribution is 2.17. The van der Waals surface area contributed by atoms with Gasteiger partial charge in [0, 0.05) is 12.8 Å². The van der Waals surface area contributed by atoms with Crippen LogP contribution in [0.4, 0.5) is 0 Å². The smallest absolute Gasteiger partial charge is 0.305 e. The lowest BCUT2D eigenvalue weighted by Crippen LogP contribution is -2.45. The number of carbonyl (C=O) groups is 2. The Balaban J connectivity index is 3.37. The first kappa shape index (κ1) is 61.1. The second kappa shape index (κ2) is 52.7. The molecule has 0 rings (SSSR count). The average Bonchev–Trinajstić information content (AvgIpc) is 3.28. The van der Waals surface area contributed by atoms with Gasteiger partial charge >= 0.3 is 5.97 Å². The largest absolute Gasteiger partial charge is 0.466 e. The fourth-order valence-corrected chi connectivity index (χ4v) is 8.38. The highest BCUT2D eigenvalue weighted by Gasteiger charge is 2.18. The Labute approximate surface area is 392 Å². The number of allylic oxidation sites excluding steroid dienone is 5. The molecule has 0 aromatic rings. The normalized spacial score (nSPS) is 12.9. The lowest BCUT2D eigenvalue weighted by molar-refractivity contribution is -0.143. The average molecular weight is 886 g/mol. The summed E-state index contributed by atoms with van der Waals surface area (Å²) in [5.41, 5.74) is 0. The second-order valence-corrected chi connectivity index (χ2v) is 18.9. The Hall–Kier alpha value is -1.92. The van der Waals surface area contributed by atoms with E-state index in [-0.39, 0.29) is 18.5 Å². The number of hydrogen-bond donors (Lipinski definition) is 3. The Morgan fingerprint density at radius 1 is 0.444 bits per heavy atom. The van der Waals surface area contributed by atoms with Crippen molar-refractivity contribution in [2.75, 3.05) is 13.2 Å². The molecule has 370 valence electrons. The first-order chi connectivity index (χ1) is 31.0. The van der Waals surface area contributed by atoms with Crippen molar-refractivity contribution in [2.24, 2.45) is 0 Å². The van der Waals surface area contributed by atoms with Crippen molar-refractivity contribution in [3.05, 3.63) is 36.5 Å². The van der Waals surface area contributed by atoms with Gasteiger partial charge in [0.05, 0.1) is 25.4 Å². The van der Waals surface area contributed by atoms with Crippen LogP contribution in [0.5, 0.6) is 0 Å². The number of carbonyl (C=O) groups excluding carboxylic acids is 2. The molecular formula is C57H107NO5. The van der Waals surface area contributed by atoms with Gasteiger partial charge < -0.3 is 20.3 Å². The molecule has 0 spiro atoms. The van der Waals surface area contributed by atoms with E-state index in [0.29, 0.717) is 19.4 Å². The first-order valence-electron chi connectivity index (χ1n) is 27.8. The molecule has 0 saturated carbocycles. The molecule has 0 aliphatic carbocycles. The van der Waals surface area contributed by atoms with Gasteiger partial charge in [-0.25, -0.2) is 0 Å². The summed E-state index contributed by atoms with van der Waals surface area (Å²) >= 11 is 0. The number of amides is 1. The molecule has 6 heteroatoms. The minimum atomic E-state index is -0.842. The minimum absolute atomic E-state index is 0.00207. The Morgan fingerprint density at radius 2 is 0.825 bits per heavy atom. The first-order valence-corrected chi connectivity index (χ1v) is 27.8. The van der Waals surface area contributed by atoms with Crippen LogP contribution in [-0.4, -0.2) is 47.4 Å². The molecule has 3 N–H and O–H groups in total. The van der Waals surface area contributed by atoms with Crippen molar-refractivity contribution >= 4 is 11.9 Å². The molecule has 2 unspecified atom stereocenters. The summed E-state index contributed by atoms with van der Waals surface area (Å²) in [6.07, 6.45) is 64.6. The van der Waals surface area contributed by atoms with E-state index in [9.17, 15) is 19.8 Å². The monoisotopic (exact) mass is 886 g/mol. The predicted molar refractivity (Wildman–Crippen MR) is 273 cm³/mol. The maximum absolute atomic E-state index is 12.4. The molecule has 0 aromatic heterocycles. The molecular weight excluding hydrogens is 779 g/mol. The second-order valence-electron chi connectivity index (χ2n) is 18.9. The number of nitrogens with one attached hydrogen (secondary N) is 1. The van der Waals surface area contributed by atoms with Crippen LogP contribution in [0, 0.1) is 0 Å². The fraction of sp³-hybridized carbons (Fsp3) is 0.860. The van der Waals surface area contributed by atoms with Gasteiger partial charge in [0.25, 0.3) is 0 Å². The van der Waals surface area contributed by atoms with Crippen LogP contribution in [0.1, 0.15) is 290 Å². The summed E-state index contributed by atoms with van der Waals surface area (Å²) in [6, 6.07) is -0.626. The summed E-state index contributed by atoms with van der Waals surface area (Å²) in [6.45, 7) is 4.81. The molecule has 0 radical (unpaired) electrons. The zero-order valence-corrected chi connectivity index (χ0v) is 42.1. The highest BCUT2D eigenvalue weighted by molar-refractivity contribution is 5.76. The van der Waals surface area contributed by atoms with E-state index < -0.39 is 12.1 Å². The van der Waals surface area contributed by atoms with E-state index in [1.54, 1.807) is 6.08 Å². The zero-order valence-electron chi connectivity index (χ0n) is 42.1. The lowest BCUT2D eigenvalue weighted by atomic mass is 10.0. The van der Waals surface area contributed by atoms with Crippen LogP contribution in [0.15, 0.2) is 36.5 Å². The third kappa shape index (κ3) is 49.4. The van der Waals surface area contributed by atoms with Gasteiger partial charge in [-0.15, -0.1) is 0 Å². The Bertz CT molecular complexity index is 1020. The number of esters is 1. The zero-order chi connectivity index (χ0) is 45.8. The standard InChI is InChI=1S/C57H107NO5/c1-3-5-7-9-11-13-15-27-31-35-39-43-47-51-57(62)63-52-48-44-40-36-32-29-26-24-22-20-18-16-17-19-21-23-25-28-30-34-38-42-46-50-56(61)58-54(53-59)55(60)49-45-41-37-33-14-12-10-8-6-4-2/h7,9,13,15,45,49,54-55,59-60H,3-6,8,10-12,14,16-44,46-48,50-53H2,1-2H3,(H,58,61)/b9-7-,15-13-,49-45+. The summed E-state index contributed by atoms with van der Waals surface area (Å²) in [5.74, 6) is -0.0718. The third-order valence-corrected chi connectivity index (χ3v) is 12.6. The summed E-state index contributed by atoms with van der Waals surface area (Å²) in [7, 11) is 0. The lowest BCUT2D eigenvalue weighted by Gasteiger charge is -2.20. The van der Waals surface area contributed by atoms with Crippen LogP contribution in [0.3, 0.4) is 0 Å². The third-order valence-electron chi connectivity index (χ3n) is 12.6. The fourth-order valence-electron chi connectivity index (χ4n) is 8.38. The van der Waals surface area contributed by atoms with Crippen molar-refractivity contribution in [2.45, 2.75) is 302 Å². The number of rotatable bonds is 51. The predicted octanol–water partition coefficient (Wildman–Crippen LogP) is 16.9. The van der Waals surface area contributed by atoms with Gasteiger partial charge in [0.15, 0.2) is 0 Å². The van der Waals surface area contributed by atoms with Gasteiger partial charge in [-0.2, -0.15) is 0 Å². The molecule has 0 aliphatic heterocycles. The van der Waals surface area contributed by atoms with E-state index in [1.807, 2.05) is 6.08 Å². The summed E-state index contributed by atoms with van der Waals surface area (Å²) in [5, 5.41) is 23.0. The minimum Gasteiger partial charge on any atom is -0.466 e. The van der Waals surface area contributed by atoms with Crippen LogP contribution in [0.2, 0.25) is 0 Å². The van der Waals surface area contributed by atoms with Gasteiger partial charge in [-0.05, 0) is 57.8 Å². The molecule has 1 amide bonds. The molecule has 0 fully saturated rings. The van der Waals surface area contributed by atoms with Gasteiger partial charge in [-0.1, -0.05) is 256 Å². The molecule has 0 heterocycles. The van der Waals surface area contributed by atoms with E-state index in [4.69, 9.17) is 4.74 Å². The molecule has 0 aliphatic rings. The van der Waals surface area contributed by atoms with E-state index in [1.165, 1.54) is 212 Å². The van der Waals surface area contributed by atoms with E-state index in [0.717, 1.165) is 51.4 Å². The number of hydrogen-bond acceptors (Lipinski definition) is 5. The number of unbranched alkanes of at least 4 members (excludes halogenated alkanes) is 36. The number of aliphatic hydroxyl groups is 2. The molecule has 0 bridgehead atoms.